The summed E-state index contributed by atoms with van der Waals surface area (Å²) in [7, 11) is -3.14. The Morgan fingerprint density at radius 2 is 2.00 bits per heavy atom. The molecular weight excluding hydrogens is 238 g/mol. The molecule has 6 heteroatoms. The summed E-state index contributed by atoms with van der Waals surface area (Å²) >= 11 is 0. The summed E-state index contributed by atoms with van der Waals surface area (Å²) in [5, 5.41) is 4.11. The third-order valence-corrected chi connectivity index (χ3v) is 2.91. The molecule has 0 atom stereocenters. The maximum atomic E-state index is 10.9. The normalized spacial score (nSPS) is 11.6. The lowest BCUT2D eigenvalue weighted by atomic mass is 10.2. The van der Waals surface area contributed by atoms with E-state index in [4.69, 9.17) is 0 Å². The SMILES string of the molecule is CS(=O)(=O)NCc1ccc(-n2cccn2)cc1. The van der Waals surface area contributed by atoms with Crippen LogP contribution in [-0.2, 0) is 16.6 Å². The van der Waals surface area contributed by atoms with Crippen molar-refractivity contribution in [1.29, 1.82) is 0 Å². The first-order valence-electron chi connectivity index (χ1n) is 5.08. The van der Waals surface area contributed by atoms with Gasteiger partial charge in [-0.2, -0.15) is 5.10 Å². The highest BCUT2D eigenvalue weighted by molar-refractivity contribution is 7.88. The highest BCUT2D eigenvalue weighted by Gasteiger charge is 2.01. The Morgan fingerprint density at radius 1 is 1.29 bits per heavy atom. The molecule has 1 aromatic heterocycles. The van der Waals surface area contributed by atoms with Gasteiger partial charge in [-0.25, -0.2) is 17.8 Å². The average Bonchev–Trinajstić information content (AvgIpc) is 2.79. The molecule has 0 unspecified atom stereocenters. The lowest BCUT2D eigenvalue weighted by Gasteiger charge is -2.04. The molecule has 0 bridgehead atoms. The van der Waals surface area contributed by atoms with Crippen LogP contribution in [0.3, 0.4) is 0 Å². The molecule has 1 heterocycles. The number of nitrogens with zero attached hydrogens (tertiary/aromatic N) is 2. The van der Waals surface area contributed by atoms with Crippen molar-refractivity contribution >= 4 is 10.0 Å². The van der Waals surface area contributed by atoms with Gasteiger partial charge in [0.25, 0.3) is 0 Å². The van der Waals surface area contributed by atoms with E-state index in [1.165, 1.54) is 0 Å². The third kappa shape index (κ3) is 3.40. The Kier molecular flexibility index (Phi) is 3.26. The predicted octanol–water partition coefficient (Wildman–Crippen LogP) is 0.921. The molecule has 90 valence electrons. The topological polar surface area (TPSA) is 64.0 Å². The number of sulfonamides is 1. The summed E-state index contributed by atoms with van der Waals surface area (Å²) in [5.74, 6) is 0. The number of benzene rings is 1. The molecule has 0 spiro atoms. The van der Waals surface area contributed by atoms with Gasteiger partial charge >= 0.3 is 0 Å². The molecule has 0 aliphatic carbocycles. The van der Waals surface area contributed by atoms with Gasteiger partial charge in [0, 0.05) is 18.9 Å². The van der Waals surface area contributed by atoms with Crippen LogP contribution in [0.5, 0.6) is 0 Å². The smallest absolute Gasteiger partial charge is 0.209 e. The molecule has 2 rings (SSSR count). The molecule has 5 nitrogen and oxygen atoms in total. The summed E-state index contributed by atoms with van der Waals surface area (Å²) in [6.07, 6.45) is 4.70. The van der Waals surface area contributed by atoms with E-state index in [2.05, 4.69) is 9.82 Å². The molecule has 17 heavy (non-hydrogen) atoms. The standard InChI is InChI=1S/C11H13N3O2S/c1-17(15,16)13-9-10-3-5-11(6-4-10)14-8-2-7-12-14/h2-8,13H,9H2,1H3. The van der Waals surface area contributed by atoms with Crippen LogP contribution >= 0.6 is 0 Å². The van der Waals surface area contributed by atoms with Gasteiger partial charge in [-0.1, -0.05) is 12.1 Å². The van der Waals surface area contributed by atoms with E-state index in [0.717, 1.165) is 17.5 Å². The summed E-state index contributed by atoms with van der Waals surface area (Å²) in [6.45, 7) is 0.304. The van der Waals surface area contributed by atoms with E-state index in [1.807, 2.05) is 36.5 Å². The first-order chi connectivity index (χ1) is 8.04. The van der Waals surface area contributed by atoms with Crippen LogP contribution < -0.4 is 4.72 Å². The van der Waals surface area contributed by atoms with Crippen molar-refractivity contribution in [3.63, 3.8) is 0 Å². The minimum Gasteiger partial charge on any atom is -0.241 e. The van der Waals surface area contributed by atoms with Crippen molar-refractivity contribution in [2.24, 2.45) is 0 Å². The molecule has 0 saturated heterocycles. The molecule has 0 aliphatic rings. The van der Waals surface area contributed by atoms with Crippen LogP contribution in [0.2, 0.25) is 0 Å². The summed E-state index contributed by atoms with van der Waals surface area (Å²) in [5.41, 5.74) is 1.85. The molecule has 1 aromatic carbocycles. The van der Waals surface area contributed by atoms with Gasteiger partial charge in [0.15, 0.2) is 0 Å². The van der Waals surface area contributed by atoms with E-state index in [-0.39, 0.29) is 0 Å². The molecule has 0 aliphatic heterocycles. The van der Waals surface area contributed by atoms with Crippen LogP contribution in [0, 0.1) is 0 Å². The number of rotatable bonds is 4. The van der Waals surface area contributed by atoms with Gasteiger partial charge in [-0.3, -0.25) is 0 Å². The van der Waals surface area contributed by atoms with Crippen LogP contribution in [0.25, 0.3) is 5.69 Å². The second kappa shape index (κ2) is 4.68. The van der Waals surface area contributed by atoms with Gasteiger partial charge in [0.2, 0.25) is 10.0 Å². The largest absolute Gasteiger partial charge is 0.241 e. The van der Waals surface area contributed by atoms with Crippen molar-refractivity contribution in [3.8, 4) is 5.69 Å². The van der Waals surface area contributed by atoms with Gasteiger partial charge < -0.3 is 0 Å². The monoisotopic (exact) mass is 251 g/mol. The lowest BCUT2D eigenvalue weighted by Crippen LogP contribution is -2.21. The van der Waals surface area contributed by atoms with Crippen molar-refractivity contribution < 1.29 is 8.42 Å². The Balaban J connectivity index is 2.09. The molecule has 1 N–H and O–H groups in total. The Bertz CT molecular complexity index is 574. The molecule has 0 amide bonds. The zero-order valence-corrected chi connectivity index (χ0v) is 10.2. The van der Waals surface area contributed by atoms with Crippen molar-refractivity contribution in [2.75, 3.05) is 6.26 Å². The Morgan fingerprint density at radius 3 is 2.53 bits per heavy atom. The third-order valence-electron chi connectivity index (χ3n) is 2.24. The summed E-state index contributed by atoms with van der Waals surface area (Å²) < 4.78 is 26.1. The van der Waals surface area contributed by atoms with Gasteiger partial charge in [0.1, 0.15) is 0 Å². The minimum absolute atomic E-state index is 0.304. The van der Waals surface area contributed by atoms with E-state index in [0.29, 0.717) is 6.54 Å². The molecular formula is C11H13N3O2S. The van der Waals surface area contributed by atoms with Crippen LogP contribution in [0.1, 0.15) is 5.56 Å². The summed E-state index contributed by atoms with van der Waals surface area (Å²) in [6, 6.07) is 9.38. The van der Waals surface area contributed by atoms with Gasteiger partial charge in [0.05, 0.1) is 11.9 Å². The van der Waals surface area contributed by atoms with Crippen LogP contribution in [0.15, 0.2) is 42.7 Å². The first-order valence-corrected chi connectivity index (χ1v) is 6.97. The van der Waals surface area contributed by atoms with Crippen molar-refractivity contribution in [2.45, 2.75) is 6.54 Å². The zero-order valence-electron chi connectivity index (χ0n) is 9.37. The second-order valence-electron chi connectivity index (χ2n) is 3.71. The van der Waals surface area contributed by atoms with E-state index in [1.54, 1.807) is 10.9 Å². The van der Waals surface area contributed by atoms with Crippen molar-refractivity contribution in [1.82, 2.24) is 14.5 Å². The number of nitrogens with one attached hydrogen (secondary N) is 1. The molecule has 0 radical (unpaired) electrons. The quantitative estimate of drug-likeness (QED) is 0.879. The minimum atomic E-state index is -3.14. The predicted molar refractivity (Wildman–Crippen MR) is 65.2 cm³/mol. The van der Waals surface area contributed by atoms with E-state index >= 15 is 0 Å². The Hall–Kier alpha value is -1.66. The molecule has 0 fully saturated rings. The Labute approximate surface area is 100 Å². The fourth-order valence-corrected chi connectivity index (χ4v) is 1.83. The second-order valence-corrected chi connectivity index (χ2v) is 5.54. The maximum absolute atomic E-state index is 10.9. The fraction of sp³-hybridized carbons (Fsp3) is 0.182. The van der Waals surface area contributed by atoms with Gasteiger partial charge in [-0.05, 0) is 23.8 Å². The molecule has 0 saturated carbocycles. The lowest BCUT2D eigenvalue weighted by molar-refractivity contribution is 0.587. The highest BCUT2D eigenvalue weighted by Crippen LogP contribution is 2.08. The van der Waals surface area contributed by atoms with Crippen LogP contribution in [0.4, 0.5) is 0 Å². The number of aromatic nitrogens is 2. The zero-order chi connectivity index (χ0) is 12.3. The van der Waals surface area contributed by atoms with Gasteiger partial charge in [-0.15, -0.1) is 0 Å². The fourth-order valence-electron chi connectivity index (χ4n) is 1.40. The van der Waals surface area contributed by atoms with Crippen molar-refractivity contribution in [3.05, 3.63) is 48.3 Å². The van der Waals surface area contributed by atoms with E-state index in [9.17, 15) is 8.42 Å². The van der Waals surface area contributed by atoms with Crippen LogP contribution in [-0.4, -0.2) is 24.5 Å². The number of hydrogen-bond acceptors (Lipinski definition) is 3. The first kappa shape index (κ1) is 11.8. The van der Waals surface area contributed by atoms with E-state index < -0.39 is 10.0 Å². The maximum Gasteiger partial charge on any atom is 0.209 e. The highest BCUT2D eigenvalue weighted by atomic mass is 32.2. The summed E-state index contributed by atoms with van der Waals surface area (Å²) in [4.78, 5) is 0. The average molecular weight is 251 g/mol. The number of hydrogen-bond donors (Lipinski definition) is 1. The molecule has 2 aromatic rings.